The van der Waals surface area contributed by atoms with Crippen LogP contribution in [-0.4, -0.2) is 19.3 Å². The van der Waals surface area contributed by atoms with E-state index in [1.54, 1.807) is 49.4 Å². The second-order valence-corrected chi connectivity index (χ2v) is 6.73. The van der Waals surface area contributed by atoms with E-state index in [0.717, 1.165) is 11.3 Å². The van der Waals surface area contributed by atoms with Crippen LogP contribution in [0.1, 0.15) is 12.5 Å². The fourth-order valence-corrected chi connectivity index (χ4v) is 2.70. The van der Waals surface area contributed by atoms with Gasteiger partial charge in [0.1, 0.15) is 5.75 Å². The zero-order chi connectivity index (χ0) is 14.6. The summed E-state index contributed by atoms with van der Waals surface area (Å²) in [6, 6.07) is 13.7. The van der Waals surface area contributed by atoms with Gasteiger partial charge in [-0.15, -0.1) is 0 Å². The average Bonchev–Trinajstić information content (AvgIpc) is 2.46. The van der Waals surface area contributed by atoms with Gasteiger partial charge in [0.05, 0.1) is 10.6 Å². The van der Waals surface area contributed by atoms with Crippen LogP contribution in [0, 0.1) is 0 Å². The number of aromatic hydroxyl groups is 1. The third kappa shape index (κ3) is 3.51. The van der Waals surface area contributed by atoms with Crippen molar-refractivity contribution in [2.45, 2.75) is 18.4 Å². The molecule has 0 radical (unpaired) electrons. The van der Waals surface area contributed by atoms with Crippen molar-refractivity contribution in [3.8, 4) is 5.75 Å². The summed E-state index contributed by atoms with van der Waals surface area (Å²) in [7, 11) is -3.15. The van der Waals surface area contributed by atoms with Crippen molar-refractivity contribution in [2.24, 2.45) is 0 Å². The number of hydrogen-bond donors (Lipinski definition) is 2. The summed E-state index contributed by atoms with van der Waals surface area (Å²) in [4.78, 5) is 0.336. The predicted octanol–water partition coefficient (Wildman–Crippen LogP) is 2.80. The van der Waals surface area contributed by atoms with Gasteiger partial charge in [0.25, 0.3) is 0 Å². The minimum Gasteiger partial charge on any atom is -0.508 e. The molecule has 2 rings (SSSR count). The van der Waals surface area contributed by atoms with Crippen LogP contribution >= 0.6 is 0 Å². The smallest absolute Gasteiger partial charge is 0.178 e. The standard InChI is InChI=1S/C15H17NO3S/c1-2-20(18,19)15-8-6-13(7-9-15)16-11-12-4-3-5-14(17)10-12/h3-10,16-17H,2,11H2,1H3. The topological polar surface area (TPSA) is 66.4 Å². The van der Waals surface area contributed by atoms with Gasteiger partial charge in [-0.1, -0.05) is 19.1 Å². The van der Waals surface area contributed by atoms with Crippen LogP contribution in [0.15, 0.2) is 53.4 Å². The van der Waals surface area contributed by atoms with E-state index < -0.39 is 9.84 Å². The Morgan fingerprint density at radius 2 is 1.80 bits per heavy atom. The van der Waals surface area contributed by atoms with Gasteiger partial charge in [-0.25, -0.2) is 8.42 Å². The maximum absolute atomic E-state index is 11.7. The molecule has 0 aliphatic rings. The fourth-order valence-electron chi connectivity index (χ4n) is 1.82. The minimum atomic E-state index is -3.15. The summed E-state index contributed by atoms with van der Waals surface area (Å²) in [5.74, 6) is 0.331. The van der Waals surface area contributed by atoms with E-state index in [-0.39, 0.29) is 11.5 Å². The van der Waals surface area contributed by atoms with Crippen molar-refractivity contribution in [2.75, 3.05) is 11.1 Å². The Balaban J connectivity index is 2.05. The zero-order valence-electron chi connectivity index (χ0n) is 11.2. The molecule has 0 heterocycles. The van der Waals surface area contributed by atoms with Crippen LogP contribution < -0.4 is 5.32 Å². The van der Waals surface area contributed by atoms with E-state index in [1.165, 1.54) is 0 Å². The largest absolute Gasteiger partial charge is 0.508 e. The molecule has 20 heavy (non-hydrogen) atoms. The van der Waals surface area contributed by atoms with Crippen molar-refractivity contribution >= 4 is 15.5 Å². The second-order valence-electron chi connectivity index (χ2n) is 4.45. The van der Waals surface area contributed by atoms with Gasteiger partial charge in [0.2, 0.25) is 0 Å². The Morgan fingerprint density at radius 3 is 2.40 bits per heavy atom. The Morgan fingerprint density at radius 1 is 1.10 bits per heavy atom. The SMILES string of the molecule is CCS(=O)(=O)c1ccc(NCc2cccc(O)c2)cc1. The molecule has 0 unspecified atom stereocenters. The van der Waals surface area contributed by atoms with Crippen LogP contribution in [0.2, 0.25) is 0 Å². The van der Waals surface area contributed by atoms with Crippen LogP contribution in [0.25, 0.3) is 0 Å². The van der Waals surface area contributed by atoms with Crippen LogP contribution in [0.4, 0.5) is 5.69 Å². The molecular formula is C15H17NO3S. The van der Waals surface area contributed by atoms with E-state index in [4.69, 9.17) is 0 Å². The first-order chi connectivity index (χ1) is 9.51. The lowest BCUT2D eigenvalue weighted by Gasteiger charge is -2.08. The Labute approximate surface area is 119 Å². The van der Waals surface area contributed by atoms with E-state index in [9.17, 15) is 13.5 Å². The lowest BCUT2D eigenvalue weighted by molar-refractivity contribution is 0.474. The summed E-state index contributed by atoms with van der Waals surface area (Å²) in [6.07, 6.45) is 0. The van der Waals surface area contributed by atoms with Crippen molar-refractivity contribution in [1.29, 1.82) is 0 Å². The molecule has 0 saturated heterocycles. The highest BCUT2D eigenvalue weighted by atomic mass is 32.2. The monoisotopic (exact) mass is 291 g/mol. The van der Waals surface area contributed by atoms with Gasteiger partial charge in [0.15, 0.2) is 9.84 Å². The van der Waals surface area contributed by atoms with Crippen LogP contribution in [-0.2, 0) is 16.4 Å². The van der Waals surface area contributed by atoms with Gasteiger partial charge in [-0.05, 0) is 42.0 Å². The second kappa shape index (κ2) is 5.96. The Kier molecular flexibility index (Phi) is 4.29. The molecule has 5 heteroatoms. The molecule has 0 spiro atoms. The normalized spacial score (nSPS) is 11.2. The molecule has 2 aromatic rings. The maximum Gasteiger partial charge on any atom is 0.178 e. The van der Waals surface area contributed by atoms with Gasteiger partial charge in [-0.3, -0.25) is 0 Å². The predicted molar refractivity (Wildman–Crippen MR) is 79.6 cm³/mol. The van der Waals surface area contributed by atoms with Crippen molar-refractivity contribution in [3.05, 3.63) is 54.1 Å². The summed E-state index contributed by atoms with van der Waals surface area (Å²) >= 11 is 0. The number of rotatable bonds is 5. The van der Waals surface area contributed by atoms with Crippen molar-refractivity contribution in [3.63, 3.8) is 0 Å². The van der Waals surface area contributed by atoms with Crippen molar-refractivity contribution < 1.29 is 13.5 Å². The molecule has 0 bridgehead atoms. The number of benzene rings is 2. The molecular weight excluding hydrogens is 274 g/mol. The average molecular weight is 291 g/mol. The molecule has 0 saturated carbocycles. The van der Waals surface area contributed by atoms with Gasteiger partial charge >= 0.3 is 0 Å². The third-order valence-corrected chi connectivity index (χ3v) is 4.75. The minimum absolute atomic E-state index is 0.100. The Bertz CT molecular complexity index is 679. The lowest BCUT2D eigenvalue weighted by atomic mass is 10.2. The quantitative estimate of drug-likeness (QED) is 0.889. The third-order valence-electron chi connectivity index (χ3n) is 3.00. The molecule has 2 aromatic carbocycles. The van der Waals surface area contributed by atoms with E-state index in [1.807, 2.05) is 6.07 Å². The summed E-state index contributed by atoms with van der Waals surface area (Å²) in [5, 5.41) is 12.5. The van der Waals surface area contributed by atoms with Gasteiger partial charge < -0.3 is 10.4 Å². The van der Waals surface area contributed by atoms with Gasteiger partial charge in [-0.2, -0.15) is 0 Å². The first kappa shape index (κ1) is 14.4. The zero-order valence-corrected chi connectivity index (χ0v) is 12.0. The number of phenols is 1. The first-order valence-electron chi connectivity index (χ1n) is 6.36. The number of sulfone groups is 1. The van der Waals surface area contributed by atoms with Gasteiger partial charge in [0, 0.05) is 12.2 Å². The molecule has 0 aromatic heterocycles. The number of nitrogens with one attached hydrogen (secondary N) is 1. The molecule has 0 aliphatic heterocycles. The lowest BCUT2D eigenvalue weighted by Crippen LogP contribution is -2.04. The number of anilines is 1. The van der Waals surface area contributed by atoms with E-state index in [2.05, 4.69) is 5.32 Å². The van der Waals surface area contributed by atoms with E-state index >= 15 is 0 Å². The molecule has 0 amide bonds. The molecule has 0 fully saturated rings. The highest BCUT2D eigenvalue weighted by Gasteiger charge is 2.10. The highest BCUT2D eigenvalue weighted by molar-refractivity contribution is 7.91. The summed E-state index contributed by atoms with van der Waals surface area (Å²) < 4.78 is 23.4. The molecule has 106 valence electrons. The maximum atomic E-state index is 11.7. The highest BCUT2D eigenvalue weighted by Crippen LogP contribution is 2.17. The van der Waals surface area contributed by atoms with E-state index in [0.29, 0.717) is 11.4 Å². The molecule has 0 atom stereocenters. The Hall–Kier alpha value is -2.01. The van der Waals surface area contributed by atoms with Crippen molar-refractivity contribution in [1.82, 2.24) is 0 Å². The number of hydrogen-bond acceptors (Lipinski definition) is 4. The fraction of sp³-hybridized carbons (Fsp3) is 0.200. The molecule has 0 aliphatic carbocycles. The number of phenolic OH excluding ortho intramolecular Hbond substituents is 1. The van der Waals surface area contributed by atoms with Crippen LogP contribution in [0.5, 0.6) is 5.75 Å². The summed E-state index contributed by atoms with van der Waals surface area (Å²) in [5.41, 5.74) is 1.79. The molecule has 2 N–H and O–H groups in total. The molecule has 4 nitrogen and oxygen atoms in total. The summed E-state index contributed by atoms with van der Waals surface area (Å²) in [6.45, 7) is 2.19. The first-order valence-corrected chi connectivity index (χ1v) is 8.01. The van der Waals surface area contributed by atoms with Crippen LogP contribution in [0.3, 0.4) is 0 Å².